The minimum absolute atomic E-state index is 0.377. The van der Waals surface area contributed by atoms with Gasteiger partial charge < -0.3 is 5.73 Å². The number of amides is 2. The Labute approximate surface area is 114 Å². The first kappa shape index (κ1) is 14.5. The molecule has 0 heterocycles. The largest absolute Gasteiger partial charge is 0.369 e. The van der Waals surface area contributed by atoms with E-state index in [0.29, 0.717) is 5.69 Å². The van der Waals surface area contributed by atoms with Crippen molar-refractivity contribution in [1.29, 1.82) is 5.41 Å². The van der Waals surface area contributed by atoms with Crippen LogP contribution in [0.15, 0.2) is 16.6 Å². The Morgan fingerprint density at radius 1 is 1.44 bits per heavy atom. The molecule has 2 amide bonds. The van der Waals surface area contributed by atoms with E-state index in [1.165, 1.54) is 7.11 Å². The number of guanidine groups is 1. The Balaban J connectivity index is 3.31. The lowest BCUT2D eigenvalue weighted by atomic mass is 10.1. The zero-order chi connectivity index (χ0) is 13.9. The molecule has 0 aliphatic rings. The summed E-state index contributed by atoms with van der Waals surface area (Å²) in [5, 5.41) is 7.52. The number of hydrogen-bond donors (Lipinski definition) is 3. The van der Waals surface area contributed by atoms with Crippen molar-refractivity contribution in [2.75, 3.05) is 12.0 Å². The molecule has 0 aliphatic carbocycles. The number of urea groups is 1. The zero-order valence-corrected chi connectivity index (χ0v) is 12.0. The summed E-state index contributed by atoms with van der Waals surface area (Å²) in [6.45, 7) is 3.67. The van der Waals surface area contributed by atoms with E-state index < -0.39 is 6.03 Å². The van der Waals surface area contributed by atoms with Gasteiger partial charge in [-0.05, 0) is 37.1 Å². The van der Waals surface area contributed by atoms with Crippen LogP contribution in [0.5, 0.6) is 0 Å². The highest BCUT2D eigenvalue weighted by molar-refractivity contribution is 9.10. The number of rotatable bonds is 2. The normalized spacial score (nSPS) is 10.0. The van der Waals surface area contributed by atoms with E-state index in [4.69, 9.17) is 11.1 Å². The van der Waals surface area contributed by atoms with Crippen LogP contribution in [0.25, 0.3) is 0 Å². The highest BCUT2D eigenvalue weighted by Crippen LogP contribution is 2.28. The van der Waals surface area contributed by atoms with Crippen LogP contribution in [-0.4, -0.2) is 19.1 Å². The van der Waals surface area contributed by atoms with Crippen LogP contribution in [0.3, 0.4) is 0 Å². The van der Waals surface area contributed by atoms with Crippen LogP contribution in [0.2, 0.25) is 0 Å². The second-order valence-electron chi connectivity index (χ2n) is 3.72. The van der Waals surface area contributed by atoms with Gasteiger partial charge in [0.15, 0.2) is 0 Å². The molecule has 1 aromatic carbocycles. The van der Waals surface area contributed by atoms with Crippen molar-refractivity contribution in [1.82, 2.24) is 5.48 Å². The van der Waals surface area contributed by atoms with Gasteiger partial charge in [-0.15, -0.1) is 0 Å². The van der Waals surface area contributed by atoms with E-state index in [2.05, 4.69) is 26.2 Å². The van der Waals surface area contributed by atoms with Crippen molar-refractivity contribution in [3.05, 3.63) is 27.7 Å². The molecule has 1 aromatic rings. The molecule has 98 valence electrons. The summed E-state index contributed by atoms with van der Waals surface area (Å²) < 4.78 is 0.900. The van der Waals surface area contributed by atoms with Crippen LogP contribution >= 0.6 is 15.9 Å². The van der Waals surface area contributed by atoms with Crippen LogP contribution in [-0.2, 0) is 4.84 Å². The lowest BCUT2D eigenvalue weighted by molar-refractivity contribution is 0.112. The number of nitrogens with zero attached hydrogens (tertiary/aromatic N) is 1. The maximum absolute atomic E-state index is 11.8. The van der Waals surface area contributed by atoms with Gasteiger partial charge in [-0.3, -0.25) is 10.2 Å². The topological polar surface area (TPSA) is 91.4 Å². The number of hydrogen-bond acceptors (Lipinski definition) is 3. The molecule has 0 aromatic heterocycles. The van der Waals surface area contributed by atoms with Gasteiger partial charge in [-0.1, -0.05) is 15.9 Å². The van der Waals surface area contributed by atoms with Crippen molar-refractivity contribution >= 4 is 33.6 Å². The predicted molar refractivity (Wildman–Crippen MR) is 73.5 cm³/mol. The molecule has 0 saturated carbocycles. The number of hydroxylamine groups is 1. The number of carbonyl (C=O) groups is 1. The molecule has 7 heteroatoms. The number of anilines is 1. The number of carbonyl (C=O) groups excluding carboxylic acids is 1. The summed E-state index contributed by atoms with van der Waals surface area (Å²) in [4.78, 5) is 17.4. The fourth-order valence-corrected chi connectivity index (χ4v) is 2.41. The van der Waals surface area contributed by atoms with Crippen molar-refractivity contribution in [3.63, 3.8) is 0 Å². The SMILES string of the molecule is CONC(=O)N(C(=N)N)c1c(C)cc(Br)cc1C. The first-order valence-corrected chi connectivity index (χ1v) is 5.91. The Morgan fingerprint density at radius 2 is 1.94 bits per heavy atom. The van der Waals surface area contributed by atoms with Crippen molar-refractivity contribution in [2.45, 2.75) is 13.8 Å². The number of benzene rings is 1. The molecular formula is C11H15BrN4O2. The second-order valence-corrected chi connectivity index (χ2v) is 4.64. The molecule has 0 spiro atoms. The summed E-state index contributed by atoms with van der Waals surface area (Å²) in [6.07, 6.45) is 0. The van der Waals surface area contributed by atoms with E-state index in [-0.39, 0.29) is 5.96 Å². The minimum Gasteiger partial charge on any atom is -0.369 e. The lowest BCUT2D eigenvalue weighted by Crippen LogP contribution is -2.47. The summed E-state index contributed by atoms with van der Waals surface area (Å²) >= 11 is 3.37. The van der Waals surface area contributed by atoms with Gasteiger partial charge in [0.25, 0.3) is 0 Å². The van der Waals surface area contributed by atoms with Gasteiger partial charge in [-0.2, -0.15) is 0 Å². The Bertz CT molecular complexity index is 467. The third kappa shape index (κ3) is 2.99. The molecule has 0 saturated heterocycles. The second kappa shape index (κ2) is 5.83. The highest BCUT2D eigenvalue weighted by atomic mass is 79.9. The molecule has 4 N–H and O–H groups in total. The fourth-order valence-electron chi connectivity index (χ4n) is 1.72. The molecule has 6 nitrogen and oxygen atoms in total. The van der Waals surface area contributed by atoms with E-state index in [1.807, 2.05) is 26.0 Å². The first-order valence-electron chi connectivity index (χ1n) is 5.12. The van der Waals surface area contributed by atoms with E-state index in [1.54, 1.807) is 0 Å². The van der Waals surface area contributed by atoms with Gasteiger partial charge in [0.05, 0.1) is 12.8 Å². The number of aryl methyl sites for hydroxylation is 2. The van der Waals surface area contributed by atoms with E-state index >= 15 is 0 Å². The molecule has 0 radical (unpaired) electrons. The number of nitrogens with one attached hydrogen (secondary N) is 2. The van der Waals surface area contributed by atoms with Crippen molar-refractivity contribution in [3.8, 4) is 0 Å². The third-order valence-electron chi connectivity index (χ3n) is 2.31. The summed E-state index contributed by atoms with van der Waals surface area (Å²) in [5.74, 6) is -0.377. The van der Waals surface area contributed by atoms with E-state index in [0.717, 1.165) is 20.5 Å². The Kier molecular flexibility index (Phi) is 4.69. The minimum atomic E-state index is -0.612. The maximum Gasteiger partial charge on any atom is 0.352 e. The number of nitrogens with two attached hydrogens (primary N) is 1. The average molecular weight is 315 g/mol. The average Bonchev–Trinajstić information content (AvgIpc) is 2.22. The van der Waals surface area contributed by atoms with Gasteiger partial charge in [-0.25, -0.2) is 15.2 Å². The Hall–Kier alpha value is -1.60. The molecule has 0 atom stereocenters. The molecule has 0 fully saturated rings. The lowest BCUT2D eigenvalue weighted by Gasteiger charge is -2.24. The number of halogens is 1. The zero-order valence-electron chi connectivity index (χ0n) is 10.4. The van der Waals surface area contributed by atoms with Crippen LogP contribution in [0, 0.1) is 19.3 Å². The standard InChI is InChI=1S/C11H15BrN4O2/c1-6-4-8(12)5-7(2)9(6)16(10(13)14)11(17)15-18-3/h4-5H,1-3H3,(H3,13,14)(H,15,17). The van der Waals surface area contributed by atoms with Crippen LogP contribution < -0.4 is 16.1 Å². The van der Waals surface area contributed by atoms with Crippen molar-refractivity contribution < 1.29 is 9.63 Å². The summed E-state index contributed by atoms with van der Waals surface area (Å²) in [5.41, 5.74) is 9.82. The summed E-state index contributed by atoms with van der Waals surface area (Å²) in [6, 6.07) is 3.08. The highest BCUT2D eigenvalue weighted by Gasteiger charge is 2.22. The maximum atomic E-state index is 11.8. The molecule has 0 bridgehead atoms. The molecule has 0 aliphatic heterocycles. The summed E-state index contributed by atoms with van der Waals surface area (Å²) in [7, 11) is 1.32. The molecular weight excluding hydrogens is 300 g/mol. The quantitative estimate of drug-likeness (QED) is 0.443. The predicted octanol–water partition coefficient (Wildman–Crippen LogP) is 2.04. The third-order valence-corrected chi connectivity index (χ3v) is 2.77. The monoisotopic (exact) mass is 314 g/mol. The fraction of sp³-hybridized carbons (Fsp3) is 0.273. The molecule has 0 unspecified atom stereocenters. The van der Waals surface area contributed by atoms with Crippen LogP contribution in [0.4, 0.5) is 10.5 Å². The van der Waals surface area contributed by atoms with Gasteiger partial charge in [0, 0.05) is 4.47 Å². The van der Waals surface area contributed by atoms with Crippen molar-refractivity contribution in [2.24, 2.45) is 5.73 Å². The Morgan fingerprint density at radius 3 is 2.33 bits per heavy atom. The smallest absolute Gasteiger partial charge is 0.352 e. The van der Waals surface area contributed by atoms with E-state index in [9.17, 15) is 4.79 Å². The molecule has 1 rings (SSSR count). The molecule has 18 heavy (non-hydrogen) atoms. The van der Waals surface area contributed by atoms with Gasteiger partial charge >= 0.3 is 6.03 Å². The first-order chi connectivity index (χ1) is 8.38. The van der Waals surface area contributed by atoms with Gasteiger partial charge in [0.2, 0.25) is 5.96 Å². The van der Waals surface area contributed by atoms with Gasteiger partial charge in [0.1, 0.15) is 0 Å². The van der Waals surface area contributed by atoms with Crippen LogP contribution in [0.1, 0.15) is 11.1 Å².